The molecule has 0 aliphatic heterocycles. The lowest BCUT2D eigenvalue weighted by atomic mass is 10.2. The van der Waals surface area contributed by atoms with Crippen molar-refractivity contribution in [2.24, 2.45) is 0 Å². The minimum atomic E-state index is 0.0118. The lowest BCUT2D eigenvalue weighted by Crippen LogP contribution is -2.24. The number of nitrogens with one attached hydrogen (secondary N) is 1. The summed E-state index contributed by atoms with van der Waals surface area (Å²) < 4.78 is 3.17. The average molecular weight is 527 g/mol. The van der Waals surface area contributed by atoms with Crippen molar-refractivity contribution in [3.63, 3.8) is 0 Å². The summed E-state index contributed by atoms with van der Waals surface area (Å²) >= 11 is 6.64. The van der Waals surface area contributed by atoms with Crippen molar-refractivity contribution in [3.05, 3.63) is 28.4 Å². The first-order valence-electron chi connectivity index (χ1n) is 3.99. The second-order valence-corrected chi connectivity index (χ2v) is 6.17. The number of rotatable bonds is 2. The molecule has 0 atom stereocenters. The van der Waals surface area contributed by atoms with Crippen LogP contribution < -0.4 is 5.32 Å². The summed E-state index contributed by atoms with van der Waals surface area (Å²) in [7, 11) is 0. The molecule has 1 N–H and O–H groups in total. The van der Waals surface area contributed by atoms with Crippen LogP contribution in [0.5, 0.6) is 0 Å². The first-order chi connectivity index (χ1) is 6.56. The molecule has 0 bridgehead atoms. The second kappa shape index (κ2) is 5.83. The number of carbonyl (C=O) groups excluding carboxylic acids is 1. The molecule has 2 nitrogen and oxygen atoms in total. The molecule has 0 saturated heterocycles. The van der Waals surface area contributed by atoms with Crippen LogP contribution >= 0.6 is 67.8 Å². The van der Waals surface area contributed by atoms with Crippen molar-refractivity contribution in [2.75, 3.05) is 6.54 Å². The van der Waals surface area contributed by atoms with E-state index in [2.05, 4.69) is 73.1 Å². The molecule has 76 valence electrons. The molecule has 5 heteroatoms. The highest BCUT2D eigenvalue weighted by molar-refractivity contribution is 14.1. The summed E-state index contributed by atoms with van der Waals surface area (Å²) in [6.07, 6.45) is 0. The molecule has 0 spiro atoms. The highest BCUT2D eigenvalue weighted by Crippen LogP contribution is 2.22. The fourth-order valence-corrected chi connectivity index (χ4v) is 5.08. The third-order valence-corrected chi connectivity index (χ3v) is 3.90. The molecule has 1 aromatic rings. The minimum absolute atomic E-state index is 0.0118. The van der Waals surface area contributed by atoms with Gasteiger partial charge in [-0.15, -0.1) is 0 Å². The first-order valence-corrected chi connectivity index (χ1v) is 7.22. The zero-order chi connectivity index (χ0) is 10.7. The van der Waals surface area contributed by atoms with Gasteiger partial charge in [-0.3, -0.25) is 4.79 Å². The second-order valence-electron chi connectivity index (χ2n) is 2.60. The van der Waals surface area contributed by atoms with Crippen LogP contribution in [0.1, 0.15) is 17.3 Å². The largest absolute Gasteiger partial charge is 0.352 e. The van der Waals surface area contributed by atoms with Crippen molar-refractivity contribution in [3.8, 4) is 0 Å². The van der Waals surface area contributed by atoms with Gasteiger partial charge in [0, 0.05) is 17.3 Å². The molecule has 14 heavy (non-hydrogen) atoms. The third-order valence-electron chi connectivity index (χ3n) is 1.57. The maximum atomic E-state index is 11.7. The summed E-state index contributed by atoms with van der Waals surface area (Å²) in [5, 5.41) is 2.81. The van der Waals surface area contributed by atoms with Crippen molar-refractivity contribution >= 4 is 73.7 Å². The number of amides is 1. The van der Waals surface area contributed by atoms with Crippen molar-refractivity contribution < 1.29 is 4.79 Å². The number of hydrogen-bond donors (Lipinski definition) is 1. The number of carbonyl (C=O) groups is 1. The Labute approximate surface area is 124 Å². The van der Waals surface area contributed by atoms with Gasteiger partial charge >= 0.3 is 0 Å². The molecule has 1 amide bonds. The van der Waals surface area contributed by atoms with Gasteiger partial charge in [0.15, 0.2) is 0 Å². The zero-order valence-corrected chi connectivity index (χ0v) is 13.9. The van der Waals surface area contributed by atoms with E-state index in [4.69, 9.17) is 0 Å². The highest BCUT2D eigenvalue weighted by Gasteiger charge is 2.13. The molecule has 1 aromatic carbocycles. The fraction of sp³-hybridized carbons (Fsp3) is 0.222. The van der Waals surface area contributed by atoms with E-state index in [-0.39, 0.29) is 5.91 Å². The maximum Gasteiger partial charge on any atom is 0.253 e. The van der Waals surface area contributed by atoms with Gasteiger partial charge < -0.3 is 5.32 Å². The average Bonchev–Trinajstić information content (AvgIpc) is 2.01. The fourth-order valence-electron chi connectivity index (χ4n) is 1.01. The van der Waals surface area contributed by atoms with Gasteiger partial charge in [-0.2, -0.15) is 0 Å². The van der Waals surface area contributed by atoms with Gasteiger partial charge in [-0.05, 0) is 86.8 Å². The third kappa shape index (κ3) is 3.19. The Hall–Kier alpha value is 0.880. The van der Waals surface area contributed by atoms with Crippen LogP contribution in [-0.2, 0) is 0 Å². The van der Waals surface area contributed by atoms with Crippen LogP contribution in [0.4, 0.5) is 0 Å². The Morgan fingerprint density at radius 3 is 2.21 bits per heavy atom. The van der Waals surface area contributed by atoms with Crippen LogP contribution in [0, 0.1) is 10.7 Å². The van der Waals surface area contributed by atoms with E-state index in [0.29, 0.717) is 6.54 Å². The van der Waals surface area contributed by atoms with E-state index in [0.717, 1.165) is 16.3 Å². The van der Waals surface area contributed by atoms with Crippen LogP contribution in [0.25, 0.3) is 0 Å². The van der Waals surface area contributed by atoms with E-state index in [9.17, 15) is 4.79 Å². The molecule has 0 fully saturated rings. The summed E-state index contributed by atoms with van der Waals surface area (Å²) in [4.78, 5) is 11.7. The van der Waals surface area contributed by atoms with Crippen molar-refractivity contribution in [2.45, 2.75) is 6.92 Å². The van der Waals surface area contributed by atoms with Gasteiger partial charge in [-0.1, -0.05) is 0 Å². The van der Waals surface area contributed by atoms with Crippen molar-refractivity contribution in [1.29, 1.82) is 0 Å². The summed E-state index contributed by atoms with van der Waals surface area (Å²) in [5.74, 6) is 0.0118. The van der Waals surface area contributed by atoms with Gasteiger partial charge in [0.1, 0.15) is 0 Å². The number of benzene rings is 1. The van der Waals surface area contributed by atoms with Crippen LogP contribution in [0.2, 0.25) is 0 Å². The highest BCUT2D eigenvalue weighted by atomic mass is 127. The van der Waals surface area contributed by atoms with Crippen LogP contribution in [0.3, 0.4) is 0 Å². The van der Waals surface area contributed by atoms with Crippen LogP contribution in [0.15, 0.2) is 12.1 Å². The van der Waals surface area contributed by atoms with Gasteiger partial charge in [0.05, 0.1) is 5.56 Å². The summed E-state index contributed by atoms with van der Waals surface area (Å²) in [5.41, 5.74) is 0.786. The molecule has 0 aromatic heterocycles. The Morgan fingerprint density at radius 2 is 1.79 bits per heavy atom. The molecule has 0 unspecified atom stereocenters. The Morgan fingerprint density at radius 1 is 1.29 bits per heavy atom. The number of halogens is 3. The molecule has 0 aliphatic carbocycles. The molecular weight excluding hydrogens is 519 g/mol. The smallest absolute Gasteiger partial charge is 0.253 e. The molecule has 0 saturated carbocycles. The van der Waals surface area contributed by atoms with E-state index >= 15 is 0 Å². The summed E-state index contributed by atoms with van der Waals surface area (Å²) in [6, 6.07) is 4.02. The molecule has 0 radical (unpaired) electrons. The van der Waals surface area contributed by atoms with Gasteiger partial charge in [0.2, 0.25) is 0 Å². The molecular formula is C9H8I3NO. The van der Waals surface area contributed by atoms with E-state index in [1.165, 1.54) is 0 Å². The maximum absolute atomic E-state index is 11.7. The Kier molecular flexibility index (Phi) is 5.39. The predicted octanol–water partition coefficient (Wildman–Crippen LogP) is 3.25. The van der Waals surface area contributed by atoms with E-state index in [1.54, 1.807) is 0 Å². The normalized spacial score (nSPS) is 10.0. The quantitative estimate of drug-likeness (QED) is 0.589. The lowest BCUT2D eigenvalue weighted by Gasteiger charge is -2.07. The minimum Gasteiger partial charge on any atom is -0.352 e. The van der Waals surface area contributed by atoms with E-state index in [1.807, 2.05) is 19.1 Å². The first kappa shape index (κ1) is 12.9. The predicted molar refractivity (Wildman–Crippen MR) is 82.6 cm³/mol. The van der Waals surface area contributed by atoms with Gasteiger partial charge in [-0.25, -0.2) is 0 Å². The molecule has 0 aliphatic rings. The van der Waals surface area contributed by atoms with Gasteiger partial charge in [0.25, 0.3) is 5.91 Å². The molecule has 0 heterocycles. The SMILES string of the molecule is CCNC(=O)c1c(I)cc(I)cc1I. The summed E-state index contributed by atoms with van der Waals surface area (Å²) in [6.45, 7) is 2.58. The zero-order valence-electron chi connectivity index (χ0n) is 7.40. The number of hydrogen-bond acceptors (Lipinski definition) is 1. The van der Waals surface area contributed by atoms with E-state index < -0.39 is 0 Å². The standard InChI is InChI=1S/C9H8I3NO/c1-2-13-9(14)8-6(11)3-5(10)4-7(8)12/h3-4H,2H2,1H3,(H,13,14). The molecule has 1 rings (SSSR count). The van der Waals surface area contributed by atoms with Crippen LogP contribution in [-0.4, -0.2) is 12.5 Å². The Bertz CT molecular complexity index is 342. The van der Waals surface area contributed by atoms with Crippen molar-refractivity contribution in [1.82, 2.24) is 5.32 Å². The topological polar surface area (TPSA) is 29.1 Å². The monoisotopic (exact) mass is 527 g/mol. The lowest BCUT2D eigenvalue weighted by molar-refractivity contribution is 0.0954. The Balaban J connectivity index is 3.14.